The molecule has 4 rings (SSSR count). The molecule has 0 aliphatic carbocycles. The number of ether oxygens (including phenoxy) is 1. The van der Waals surface area contributed by atoms with E-state index < -0.39 is 26.7 Å². The Bertz CT molecular complexity index is 1140. The molecule has 3 heterocycles. The van der Waals surface area contributed by atoms with Gasteiger partial charge in [-0.05, 0) is 75.1 Å². The summed E-state index contributed by atoms with van der Waals surface area (Å²) in [7, 11) is -3.60. The lowest BCUT2D eigenvalue weighted by molar-refractivity contribution is 0.0240. The van der Waals surface area contributed by atoms with Crippen LogP contribution in [0.4, 0.5) is 14.9 Å². The van der Waals surface area contributed by atoms with Gasteiger partial charge >= 0.3 is 6.09 Å². The highest BCUT2D eigenvalue weighted by Crippen LogP contribution is 2.39. The van der Waals surface area contributed by atoms with Crippen LogP contribution in [0.3, 0.4) is 0 Å². The van der Waals surface area contributed by atoms with Gasteiger partial charge in [0.25, 0.3) is 0 Å². The third kappa shape index (κ3) is 5.81. The van der Waals surface area contributed by atoms with Crippen LogP contribution in [-0.4, -0.2) is 61.5 Å². The van der Waals surface area contributed by atoms with Gasteiger partial charge in [0, 0.05) is 50.0 Å². The number of halogens is 1. The summed E-state index contributed by atoms with van der Waals surface area (Å²) >= 11 is 1.49. The van der Waals surface area contributed by atoms with Gasteiger partial charge in [0.2, 0.25) is 10.0 Å². The van der Waals surface area contributed by atoms with Gasteiger partial charge in [0.05, 0.1) is 0 Å². The Morgan fingerprint density at radius 3 is 2.46 bits per heavy atom. The Morgan fingerprint density at radius 1 is 1.14 bits per heavy atom. The molecule has 1 aromatic heterocycles. The molecular formula is C25H34FN3O4S2. The van der Waals surface area contributed by atoms with Gasteiger partial charge in [-0.2, -0.15) is 15.6 Å². The van der Waals surface area contributed by atoms with Crippen LogP contribution in [0.15, 0.2) is 35.0 Å². The van der Waals surface area contributed by atoms with Crippen LogP contribution in [0.25, 0.3) is 0 Å². The van der Waals surface area contributed by atoms with Crippen molar-refractivity contribution in [1.29, 1.82) is 0 Å². The lowest BCUT2D eigenvalue weighted by atomic mass is 10.1. The minimum absolute atomic E-state index is 0.0165. The fourth-order valence-corrected chi connectivity index (χ4v) is 7.62. The number of anilines is 1. The second-order valence-corrected chi connectivity index (χ2v) is 13.1. The van der Waals surface area contributed by atoms with Crippen LogP contribution >= 0.6 is 11.3 Å². The first-order valence-corrected chi connectivity index (χ1v) is 14.4. The first kappa shape index (κ1) is 25.9. The molecule has 192 valence electrons. The van der Waals surface area contributed by atoms with E-state index in [4.69, 9.17) is 4.74 Å². The maximum Gasteiger partial charge on any atom is 0.410 e. The second kappa shape index (κ2) is 10.1. The molecule has 2 aromatic rings. The number of rotatable bonds is 4. The minimum atomic E-state index is -3.60. The molecule has 7 nitrogen and oxygen atoms in total. The van der Waals surface area contributed by atoms with Crippen LogP contribution in [0, 0.1) is 5.82 Å². The lowest BCUT2D eigenvalue weighted by Gasteiger charge is -2.38. The average molecular weight is 524 g/mol. The van der Waals surface area contributed by atoms with Crippen molar-refractivity contribution in [3.63, 3.8) is 0 Å². The summed E-state index contributed by atoms with van der Waals surface area (Å²) in [5.41, 5.74) is 1.35. The molecule has 10 heteroatoms. The van der Waals surface area contributed by atoms with Crippen molar-refractivity contribution in [2.45, 2.75) is 64.0 Å². The molecule has 35 heavy (non-hydrogen) atoms. The molecule has 2 unspecified atom stereocenters. The van der Waals surface area contributed by atoms with Crippen LogP contribution < -0.4 is 4.90 Å². The van der Waals surface area contributed by atoms with Crippen molar-refractivity contribution in [1.82, 2.24) is 9.21 Å². The predicted octanol–water partition coefficient (Wildman–Crippen LogP) is 5.00. The van der Waals surface area contributed by atoms with E-state index in [2.05, 4.69) is 0 Å². The largest absolute Gasteiger partial charge is 0.444 e. The minimum Gasteiger partial charge on any atom is -0.444 e. The molecule has 2 aliphatic rings. The van der Waals surface area contributed by atoms with Gasteiger partial charge in [0.15, 0.2) is 0 Å². The summed E-state index contributed by atoms with van der Waals surface area (Å²) in [6.07, 6.45) is 0.978. The number of carbonyl (C=O) groups is 1. The maximum absolute atomic E-state index is 15.2. The number of benzene rings is 1. The summed E-state index contributed by atoms with van der Waals surface area (Å²) < 4.78 is 48.8. The standard InChI is InChI=1S/C25H34FN3O4S2/c1-18-5-8-23(20-9-14-34-17-20)35(31,32)29(18)16-19-6-7-21(15-22(19)26)27-10-12-28(13-11-27)24(30)33-25(2,3)4/h6-7,9,14-15,17-18,23H,5,8,10-13,16H2,1-4H3. The fraction of sp³-hybridized carbons (Fsp3) is 0.560. The smallest absolute Gasteiger partial charge is 0.410 e. The number of hydrogen-bond acceptors (Lipinski definition) is 6. The third-order valence-corrected chi connectivity index (χ3v) is 9.67. The van der Waals surface area contributed by atoms with Crippen LogP contribution in [0.5, 0.6) is 0 Å². The summed E-state index contributed by atoms with van der Waals surface area (Å²) in [6, 6.07) is 6.66. The highest BCUT2D eigenvalue weighted by Gasteiger charge is 2.41. The number of amides is 1. The highest BCUT2D eigenvalue weighted by molar-refractivity contribution is 7.89. The molecule has 0 bridgehead atoms. The zero-order valence-corrected chi connectivity index (χ0v) is 22.4. The summed E-state index contributed by atoms with van der Waals surface area (Å²) in [5, 5.41) is 3.20. The van der Waals surface area contributed by atoms with Crippen LogP contribution in [-0.2, 0) is 21.3 Å². The fourth-order valence-electron chi connectivity index (χ4n) is 4.65. The summed E-state index contributed by atoms with van der Waals surface area (Å²) in [5.74, 6) is -0.419. The Hall–Kier alpha value is -2.17. The van der Waals surface area contributed by atoms with E-state index in [0.29, 0.717) is 38.2 Å². The van der Waals surface area contributed by atoms with Crippen molar-refractivity contribution in [2.75, 3.05) is 31.1 Å². The summed E-state index contributed by atoms with van der Waals surface area (Å²) in [6.45, 7) is 9.53. The van der Waals surface area contributed by atoms with E-state index in [-0.39, 0.29) is 18.7 Å². The normalized spacial score (nSPS) is 23.3. The highest BCUT2D eigenvalue weighted by atomic mass is 32.2. The number of nitrogens with zero attached hydrogens (tertiary/aromatic N) is 3. The van der Waals surface area contributed by atoms with E-state index in [9.17, 15) is 13.2 Å². The maximum atomic E-state index is 15.2. The molecule has 2 saturated heterocycles. The lowest BCUT2D eigenvalue weighted by Crippen LogP contribution is -2.50. The van der Waals surface area contributed by atoms with E-state index in [1.165, 1.54) is 21.7 Å². The van der Waals surface area contributed by atoms with Gasteiger partial charge in [-0.15, -0.1) is 0 Å². The molecule has 0 spiro atoms. The SMILES string of the molecule is CC1CCC(c2ccsc2)S(=O)(=O)N1Cc1ccc(N2CCN(C(=O)OC(C)(C)C)CC2)cc1F. The van der Waals surface area contributed by atoms with Gasteiger partial charge in [-0.1, -0.05) is 6.07 Å². The monoisotopic (exact) mass is 523 g/mol. The average Bonchev–Trinajstić information content (AvgIpc) is 3.30. The molecule has 0 radical (unpaired) electrons. The number of piperazine rings is 1. The number of thiophene rings is 1. The number of hydrogen-bond donors (Lipinski definition) is 0. The van der Waals surface area contributed by atoms with Gasteiger partial charge in [-0.25, -0.2) is 17.6 Å². The molecule has 1 aromatic carbocycles. The quantitative estimate of drug-likeness (QED) is 0.564. The zero-order valence-electron chi connectivity index (χ0n) is 20.7. The molecule has 2 atom stereocenters. The van der Waals surface area contributed by atoms with Crippen molar-refractivity contribution in [3.8, 4) is 0 Å². The molecular weight excluding hydrogens is 489 g/mol. The predicted molar refractivity (Wildman–Crippen MR) is 137 cm³/mol. The Kier molecular flexibility index (Phi) is 7.45. The van der Waals surface area contributed by atoms with E-state index in [1.54, 1.807) is 11.0 Å². The number of carbonyl (C=O) groups excluding carboxylic acids is 1. The zero-order chi connectivity index (χ0) is 25.4. The van der Waals surface area contributed by atoms with Crippen LogP contribution in [0.2, 0.25) is 0 Å². The van der Waals surface area contributed by atoms with Gasteiger partial charge < -0.3 is 14.5 Å². The van der Waals surface area contributed by atoms with Crippen LogP contribution in [0.1, 0.15) is 56.9 Å². The van der Waals surface area contributed by atoms with Crippen molar-refractivity contribution < 1.29 is 22.3 Å². The molecule has 0 saturated carbocycles. The van der Waals surface area contributed by atoms with Gasteiger partial charge in [-0.3, -0.25) is 0 Å². The second-order valence-electron chi connectivity index (χ2n) is 10.3. The van der Waals surface area contributed by atoms with E-state index >= 15 is 4.39 Å². The Labute approximate surface area is 211 Å². The molecule has 2 fully saturated rings. The first-order valence-electron chi connectivity index (χ1n) is 12.0. The third-order valence-electron chi connectivity index (χ3n) is 6.60. The number of sulfonamides is 1. The van der Waals surface area contributed by atoms with Crippen molar-refractivity contribution in [3.05, 3.63) is 52.0 Å². The topological polar surface area (TPSA) is 70.2 Å². The Balaban J connectivity index is 1.43. The van der Waals surface area contributed by atoms with Crippen molar-refractivity contribution >= 4 is 33.1 Å². The van der Waals surface area contributed by atoms with Gasteiger partial charge in [0.1, 0.15) is 16.7 Å². The van der Waals surface area contributed by atoms with Crippen molar-refractivity contribution in [2.24, 2.45) is 0 Å². The molecule has 2 aliphatic heterocycles. The van der Waals surface area contributed by atoms with E-state index in [1.807, 2.05) is 55.5 Å². The van der Waals surface area contributed by atoms with E-state index in [0.717, 1.165) is 17.7 Å². The Morgan fingerprint density at radius 2 is 1.86 bits per heavy atom. The molecule has 1 amide bonds. The molecule has 0 N–H and O–H groups in total. The first-order chi connectivity index (χ1) is 16.5. The summed E-state index contributed by atoms with van der Waals surface area (Å²) in [4.78, 5) is 16.0.